The number of methoxy groups -OCH3 is 1. The maximum Gasteiger partial charge on any atom is 0.263 e. The molecule has 0 spiro atoms. The number of nitrogens with two attached hydrogens (primary N) is 1. The van der Waals surface area contributed by atoms with Crippen molar-refractivity contribution >= 4 is 22.8 Å². The van der Waals surface area contributed by atoms with E-state index in [4.69, 9.17) is 15.2 Å². The largest absolute Gasteiger partial charge is 0.495 e. The molecule has 0 saturated heterocycles. The molecule has 4 heterocycles. The molecule has 3 aromatic rings. The molecule has 11 nitrogen and oxygen atoms in total. The van der Waals surface area contributed by atoms with E-state index in [0.717, 1.165) is 36.7 Å². The van der Waals surface area contributed by atoms with Crippen LogP contribution in [0.3, 0.4) is 0 Å². The third-order valence-electron chi connectivity index (χ3n) is 6.79. The van der Waals surface area contributed by atoms with Gasteiger partial charge in [0.2, 0.25) is 0 Å². The fourth-order valence-corrected chi connectivity index (χ4v) is 4.79. The van der Waals surface area contributed by atoms with Gasteiger partial charge in [-0.3, -0.25) is 14.6 Å². The van der Waals surface area contributed by atoms with Crippen molar-refractivity contribution in [2.75, 3.05) is 19.0 Å². The Labute approximate surface area is 202 Å². The number of aromatic nitrogens is 4. The van der Waals surface area contributed by atoms with E-state index in [1.54, 1.807) is 30.1 Å². The topological polar surface area (TPSA) is 146 Å². The van der Waals surface area contributed by atoms with Crippen LogP contribution in [0.5, 0.6) is 11.5 Å². The molecule has 5 rings (SSSR count). The van der Waals surface area contributed by atoms with Crippen LogP contribution >= 0.6 is 0 Å². The van der Waals surface area contributed by atoms with Crippen LogP contribution in [0.1, 0.15) is 31.5 Å². The summed E-state index contributed by atoms with van der Waals surface area (Å²) in [6.07, 6.45) is 7.12. The number of fused-ring (bicyclic) bond motifs is 2. The van der Waals surface area contributed by atoms with Crippen LogP contribution in [0.15, 0.2) is 35.4 Å². The highest BCUT2D eigenvalue weighted by Crippen LogP contribution is 2.28. The fraction of sp³-hybridized carbons (Fsp3) is 0.458. The Morgan fingerprint density at radius 3 is 2.86 bits per heavy atom. The van der Waals surface area contributed by atoms with Crippen molar-refractivity contribution in [1.82, 2.24) is 24.8 Å². The molecule has 184 valence electrons. The van der Waals surface area contributed by atoms with Crippen molar-refractivity contribution in [2.24, 2.45) is 11.7 Å². The monoisotopic (exact) mass is 479 g/mol. The van der Waals surface area contributed by atoms with Gasteiger partial charge in [-0.25, -0.2) is 9.97 Å². The number of amides is 1. The third kappa shape index (κ3) is 5.10. The van der Waals surface area contributed by atoms with Gasteiger partial charge in [-0.05, 0) is 37.7 Å². The van der Waals surface area contributed by atoms with Crippen LogP contribution in [0.25, 0.3) is 11.0 Å². The molecule has 4 N–H and O–H groups in total. The van der Waals surface area contributed by atoms with Gasteiger partial charge in [0, 0.05) is 30.8 Å². The lowest BCUT2D eigenvalue weighted by atomic mass is 9.81. The summed E-state index contributed by atoms with van der Waals surface area (Å²) in [5, 5.41) is 6.22. The number of pyridine rings is 2. The lowest BCUT2D eigenvalue weighted by molar-refractivity contribution is -0.118. The minimum absolute atomic E-state index is 0.0143. The molecule has 2 aliphatic rings. The lowest BCUT2D eigenvalue weighted by Crippen LogP contribution is -2.42. The van der Waals surface area contributed by atoms with Gasteiger partial charge in [0.05, 0.1) is 37.1 Å². The number of nitrogens with one attached hydrogen (secondary N) is 2. The summed E-state index contributed by atoms with van der Waals surface area (Å²) in [5.74, 6) is 2.22. The first-order valence-corrected chi connectivity index (χ1v) is 11.8. The van der Waals surface area contributed by atoms with E-state index in [1.807, 2.05) is 6.07 Å². The number of hydrogen-bond donors (Lipinski definition) is 3. The molecule has 3 aromatic heterocycles. The molecule has 1 fully saturated rings. The average molecular weight is 480 g/mol. The number of nitrogens with zero attached hydrogens (tertiary/aromatic N) is 4. The van der Waals surface area contributed by atoms with E-state index in [1.165, 1.54) is 6.07 Å². The van der Waals surface area contributed by atoms with Gasteiger partial charge in [-0.1, -0.05) is 0 Å². The van der Waals surface area contributed by atoms with Crippen LogP contribution in [-0.2, 0) is 17.9 Å². The quantitative estimate of drug-likeness (QED) is 0.455. The first-order valence-electron chi connectivity index (χ1n) is 11.8. The summed E-state index contributed by atoms with van der Waals surface area (Å²) in [5.41, 5.74) is 7.97. The summed E-state index contributed by atoms with van der Waals surface area (Å²) in [6.45, 7) is 0.925. The molecule has 11 heteroatoms. The van der Waals surface area contributed by atoms with E-state index in [9.17, 15) is 9.59 Å². The van der Waals surface area contributed by atoms with Gasteiger partial charge in [-0.2, -0.15) is 0 Å². The molecule has 1 atom stereocenters. The summed E-state index contributed by atoms with van der Waals surface area (Å²) in [6, 6.07) is 5.28. The van der Waals surface area contributed by atoms with Crippen molar-refractivity contribution in [3.8, 4) is 11.5 Å². The molecule has 0 radical (unpaired) electrons. The van der Waals surface area contributed by atoms with E-state index in [-0.39, 0.29) is 24.1 Å². The zero-order chi connectivity index (χ0) is 24.4. The highest BCUT2D eigenvalue weighted by atomic mass is 16.5. The van der Waals surface area contributed by atoms with Crippen molar-refractivity contribution in [3.63, 3.8) is 0 Å². The standard InChI is InChI=1S/C24H29N7O4/c1-34-16-8-19-18(27-9-16)6-7-23(33)31(19)12-17(25)14-2-4-15(5-3-14)26-11-21-28-10-20-24(29-21)30-22(32)13-35-20/h6-10,14-15,17,26H,2-5,11-13,25H2,1H3,(H,28,29,30,32)/t14?,15?,17-/m0/s1. The molecule has 0 unspecified atom stereocenters. The second-order valence-electron chi connectivity index (χ2n) is 9.05. The number of hydrogen-bond acceptors (Lipinski definition) is 9. The van der Waals surface area contributed by atoms with Gasteiger partial charge < -0.3 is 30.4 Å². The maximum absolute atomic E-state index is 12.6. The molecular formula is C24H29N7O4. The van der Waals surface area contributed by atoms with E-state index >= 15 is 0 Å². The Balaban J connectivity index is 1.17. The summed E-state index contributed by atoms with van der Waals surface area (Å²) in [4.78, 5) is 37.2. The zero-order valence-electron chi connectivity index (χ0n) is 19.6. The molecule has 1 aliphatic carbocycles. The first-order chi connectivity index (χ1) is 17.0. The van der Waals surface area contributed by atoms with E-state index in [2.05, 4.69) is 25.6 Å². The fourth-order valence-electron chi connectivity index (χ4n) is 4.79. The van der Waals surface area contributed by atoms with Crippen LogP contribution < -0.4 is 31.4 Å². The molecule has 35 heavy (non-hydrogen) atoms. The van der Waals surface area contributed by atoms with Crippen molar-refractivity contribution in [1.29, 1.82) is 0 Å². The molecular weight excluding hydrogens is 450 g/mol. The van der Waals surface area contributed by atoms with Gasteiger partial charge in [0.15, 0.2) is 18.2 Å². The molecule has 0 aromatic carbocycles. The highest BCUT2D eigenvalue weighted by molar-refractivity contribution is 5.94. The van der Waals surface area contributed by atoms with E-state index < -0.39 is 0 Å². The average Bonchev–Trinajstić information content (AvgIpc) is 2.88. The SMILES string of the molecule is COc1cnc2ccc(=O)n(C[C@H](N)C3CCC(NCc4ncc5c(n4)NC(=O)CO5)CC3)c2c1. The lowest BCUT2D eigenvalue weighted by Gasteiger charge is -2.33. The predicted octanol–water partition coefficient (Wildman–Crippen LogP) is 1.20. The van der Waals surface area contributed by atoms with Gasteiger partial charge in [0.25, 0.3) is 11.5 Å². The predicted molar refractivity (Wildman–Crippen MR) is 129 cm³/mol. The molecule has 1 aliphatic heterocycles. The molecule has 0 bridgehead atoms. The summed E-state index contributed by atoms with van der Waals surface area (Å²) in [7, 11) is 1.58. The van der Waals surface area contributed by atoms with Crippen LogP contribution in [0.2, 0.25) is 0 Å². The van der Waals surface area contributed by atoms with Crippen molar-refractivity contribution in [2.45, 2.75) is 50.9 Å². The minimum atomic E-state index is -0.217. The van der Waals surface area contributed by atoms with Crippen LogP contribution in [0, 0.1) is 5.92 Å². The number of rotatable bonds is 7. The van der Waals surface area contributed by atoms with Crippen LogP contribution in [-0.4, -0.2) is 51.2 Å². The highest BCUT2D eigenvalue weighted by Gasteiger charge is 2.27. The smallest absolute Gasteiger partial charge is 0.263 e. The maximum atomic E-state index is 12.6. The van der Waals surface area contributed by atoms with Gasteiger partial charge in [-0.15, -0.1) is 0 Å². The number of anilines is 1. The number of carbonyl (C=O) groups excluding carboxylic acids is 1. The van der Waals surface area contributed by atoms with Crippen LogP contribution in [0.4, 0.5) is 5.82 Å². The molecule has 1 amide bonds. The zero-order valence-corrected chi connectivity index (χ0v) is 19.6. The molecule has 1 saturated carbocycles. The van der Waals surface area contributed by atoms with E-state index in [0.29, 0.717) is 48.2 Å². The number of ether oxygens (including phenoxy) is 2. The number of carbonyl (C=O) groups is 1. The van der Waals surface area contributed by atoms with Crippen molar-refractivity contribution in [3.05, 3.63) is 46.8 Å². The Morgan fingerprint density at radius 2 is 2.06 bits per heavy atom. The second kappa shape index (κ2) is 9.96. The summed E-state index contributed by atoms with van der Waals surface area (Å²) >= 11 is 0. The second-order valence-corrected chi connectivity index (χ2v) is 9.05. The third-order valence-corrected chi connectivity index (χ3v) is 6.79. The van der Waals surface area contributed by atoms with Crippen molar-refractivity contribution < 1.29 is 14.3 Å². The van der Waals surface area contributed by atoms with Gasteiger partial charge in [0.1, 0.15) is 11.6 Å². The Morgan fingerprint density at radius 1 is 1.23 bits per heavy atom. The first kappa shape index (κ1) is 23.2. The summed E-state index contributed by atoms with van der Waals surface area (Å²) < 4.78 is 12.3. The Kier molecular flexibility index (Phi) is 6.60. The Hall–Kier alpha value is -3.57. The van der Waals surface area contributed by atoms with Gasteiger partial charge >= 0.3 is 0 Å². The Bertz CT molecular complexity index is 1290. The normalized spacial score (nSPS) is 20.6. The minimum Gasteiger partial charge on any atom is -0.495 e.